The second-order valence-electron chi connectivity index (χ2n) is 5.92. The summed E-state index contributed by atoms with van der Waals surface area (Å²) in [5, 5.41) is 13.3. The van der Waals surface area contributed by atoms with Crippen LogP contribution in [0.4, 0.5) is 0 Å². The quantitative estimate of drug-likeness (QED) is 0.763. The van der Waals surface area contributed by atoms with Gasteiger partial charge in [0.2, 0.25) is 0 Å². The molecule has 0 aliphatic heterocycles. The van der Waals surface area contributed by atoms with E-state index in [1.807, 2.05) is 0 Å². The fourth-order valence-corrected chi connectivity index (χ4v) is 2.32. The molecule has 21 heavy (non-hydrogen) atoms. The number of H-pyrrole nitrogens is 1. The predicted molar refractivity (Wildman–Crippen MR) is 84.6 cm³/mol. The molecule has 2 rings (SSSR count). The van der Waals surface area contributed by atoms with Crippen LogP contribution in [0.15, 0.2) is 23.0 Å². The van der Waals surface area contributed by atoms with Gasteiger partial charge >= 0.3 is 0 Å². The first-order valence-corrected chi connectivity index (χ1v) is 7.29. The molecule has 0 amide bonds. The lowest BCUT2D eigenvalue weighted by Gasteiger charge is -2.23. The maximum Gasteiger partial charge on any atom is 0.258 e. The van der Waals surface area contributed by atoms with Gasteiger partial charge in [-0.15, -0.1) is 0 Å². The minimum atomic E-state index is -0.164. The molecule has 0 saturated carbocycles. The van der Waals surface area contributed by atoms with Crippen molar-refractivity contribution in [3.63, 3.8) is 0 Å². The van der Waals surface area contributed by atoms with Gasteiger partial charge < -0.3 is 15.4 Å². The van der Waals surface area contributed by atoms with E-state index >= 15 is 0 Å². The molecule has 0 saturated heterocycles. The van der Waals surface area contributed by atoms with Crippen molar-refractivity contribution in [3.05, 3.63) is 39.4 Å². The summed E-state index contributed by atoms with van der Waals surface area (Å²) in [5.41, 5.74) is 0.426. The van der Waals surface area contributed by atoms with Crippen molar-refractivity contribution < 1.29 is 5.11 Å². The SMILES string of the molecule is CC(C)(CCO)CNCc1nc2cc(Cl)ccc2c(=O)[nH]1. The lowest BCUT2D eigenvalue weighted by Crippen LogP contribution is -2.31. The van der Waals surface area contributed by atoms with Gasteiger partial charge in [-0.25, -0.2) is 4.98 Å². The monoisotopic (exact) mass is 309 g/mol. The average Bonchev–Trinajstić information content (AvgIpc) is 2.37. The topological polar surface area (TPSA) is 78.0 Å². The molecule has 0 aliphatic carbocycles. The number of aliphatic hydroxyl groups excluding tert-OH is 1. The largest absolute Gasteiger partial charge is 0.396 e. The lowest BCUT2D eigenvalue weighted by atomic mass is 9.90. The molecule has 0 radical (unpaired) electrons. The van der Waals surface area contributed by atoms with Gasteiger partial charge in [0, 0.05) is 18.2 Å². The van der Waals surface area contributed by atoms with Crippen LogP contribution in [0.3, 0.4) is 0 Å². The van der Waals surface area contributed by atoms with Crippen molar-refractivity contribution in [2.75, 3.05) is 13.2 Å². The van der Waals surface area contributed by atoms with Crippen LogP contribution in [0.5, 0.6) is 0 Å². The zero-order valence-electron chi connectivity index (χ0n) is 12.2. The Kier molecular flexibility index (Phi) is 4.98. The smallest absolute Gasteiger partial charge is 0.258 e. The highest BCUT2D eigenvalue weighted by atomic mass is 35.5. The van der Waals surface area contributed by atoms with Crippen LogP contribution in [0.2, 0.25) is 5.02 Å². The van der Waals surface area contributed by atoms with E-state index in [1.54, 1.807) is 18.2 Å². The molecule has 6 heteroatoms. The minimum Gasteiger partial charge on any atom is -0.396 e. The standard InChI is InChI=1S/C15H20ClN3O2/c1-15(2,5-6-20)9-17-8-13-18-12-7-10(16)3-4-11(12)14(21)19-13/h3-4,7,17,20H,5-6,8-9H2,1-2H3,(H,18,19,21). The molecule has 0 atom stereocenters. The second kappa shape index (κ2) is 6.56. The van der Waals surface area contributed by atoms with E-state index in [0.29, 0.717) is 28.3 Å². The van der Waals surface area contributed by atoms with Gasteiger partial charge in [-0.2, -0.15) is 0 Å². The van der Waals surface area contributed by atoms with Crippen LogP contribution in [0.25, 0.3) is 10.9 Å². The molecule has 0 bridgehead atoms. The van der Waals surface area contributed by atoms with Crippen molar-refractivity contribution >= 4 is 22.5 Å². The molecule has 1 aromatic carbocycles. The number of rotatable bonds is 6. The Morgan fingerprint density at radius 1 is 1.43 bits per heavy atom. The number of nitrogens with zero attached hydrogens (tertiary/aromatic N) is 1. The number of aromatic nitrogens is 2. The van der Waals surface area contributed by atoms with Gasteiger partial charge in [-0.05, 0) is 30.0 Å². The Balaban J connectivity index is 2.11. The highest BCUT2D eigenvalue weighted by molar-refractivity contribution is 6.31. The van der Waals surface area contributed by atoms with Crippen LogP contribution in [0.1, 0.15) is 26.1 Å². The zero-order chi connectivity index (χ0) is 15.5. The third kappa shape index (κ3) is 4.27. The number of aliphatic hydroxyl groups is 1. The first-order chi connectivity index (χ1) is 9.91. The first kappa shape index (κ1) is 15.9. The van der Waals surface area contributed by atoms with Gasteiger partial charge in [0.1, 0.15) is 5.82 Å². The molecule has 0 unspecified atom stereocenters. The normalized spacial score (nSPS) is 12.0. The number of fused-ring (bicyclic) bond motifs is 1. The average molecular weight is 310 g/mol. The predicted octanol–water partition coefficient (Wildman–Crippen LogP) is 2.07. The van der Waals surface area contributed by atoms with Crippen molar-refractivity contribution in [2.45, 2.75) is 26.8 Å². The van der Waals surface area contributed by atoms with E-state index in [9.17, 15) is 4.79 Å². The minimum absolute atomic E-state index is 0.00476. The van der Waals surface area contributed by atoms with Gasteiger partial charge in [0.15, 0.2) is 0 Å². The summed E-state index contributed by atoms with van der Waals surface area (Å²) < 4.78 is 0. The molecule has 1 aromatic heterocycles. The van der Waals surface area contributed by atoms with Gasteiger partial charge in [0.25, 0.3) is 5.56 Å². The number of benzene rings is 1. The van der Waals surface area contributed by atoms with E-state index in [2.05, 4.69) is 29.1 Å². The fourth-order valence-electron chi connectivity index (χ4n) is 2.16. The Morgan fingerprint density at radius 2 is 2.19 bits per heavy atom. The number of nitrogens with one attached hydrogen (secondary N) is 2. The summed E-state index contributed by atoms with van der Waals surface area (Å²) in [6.07, 6.45) is 0.720. The summed E-state index contributed by atoms with van der Waals surface area (Å²) in [6.45, 7) is 5.51. The molecular formula is C15H20ClN3O2. The van der Waals surface area contributed by atoms with Gasteiger partial charge in [0.05, 0.1) is 17.4 Å². The molecular weight excluding hydrogens is 290 g/mol. The van der Waals surface area contributed by atoms with Crippen molar-refractivity contribution in [1.82, 2.24) is 15.3 Å². The van der Waals surface area contributed by atoms with Crippen molar-refractivity contribution in [2.24, 2.45) is 5.41 Å². The summed E-state index contributed by atoms with van der Waals surface area (Å²) >= 11 is 5.93. The van der Waals surface area contributed by atoms with Crippen molar-refractivity contribution in [1.29, 1.82) is 0 Å². The highest BCUT2D eigenvalue weighted by Crippen LogP contribution is 2.18. The van der Waals surface area contributed by atoms with Crippen molar-refractivity contribution in [3.8, 4) is 0 Å². The van der Waals surface area contributed by atoms with Gasteiger partial charge in [-0.3, -0.25) is 4.79 Å². The fraction of sp³-hybridized carbons (Fsp3) is 0.467. The molecule has 5 nitrogen and oxygen atoms in total. The number of halogens is 1. The maximum absolute atomic E-state index is 12.0. The van der Waals surface area contributed by atoms with Crippen LogP contribution in [-0.4, -0.2) is 28.2 Å². The second-order valence-corrected chi connectivity index (χ2v) is 6.35. The molecule has 1 heterocycles. The third-order valence-electron chi connectivity index (χ3n) is 3.40. The molecule has 0 aliphatic rings. The summed E-state index contributed by atoms with van der Waals surface area (Å²) in [7, 11) is 0. The van der Waals surface area contributed by atoms with E-state index < -0.39 is 0 Å². The zero-order valence-corrected chi connectivity index (χ0v) is 13.0. The Bertz CT molecular complexity index is 682. The number of aromatic amines is 1. The van der Waals surface area contributed by atoms with Crippen LogP contribution in [0, 0.1) is 5.41 Å². The van der Waals surface area contributed by atoms with E-state index in [1.165, 1.54) is 0 Å². The third-order valence-corrected chi connectivity index (χ3v) is 3.64. The van der Waals surface area contributed by atoms with Gasteiger partial charge in [-0.1, -0.05) is 25.4 Å². The van der Waals surface area contributed by atoms with E-state index in [4.69, 9.17) is 16.7 Å². The van der Waals surface area contributed by atoms with E-state index in [-0.39, 0.29) is 17.6 Å². The molecule has 3 N–H and O–H groups in total. The maximum atomic E-state index is 12.0. The summed E-state index contributed by atoms with van der Waals surface area (Å²) in [6, 6.07) is 5.03. The molecule has 114 valence electrons. The number of hydrogen-bond acceptors (Lipinski definition) is 4. The molecule has 0 fully saturated rings. The Morgan fingerprint density at radius 3 is 2.90 bits per heavy atom. The lowest BCUT2D eigenvalue weighted by molar-refractivity contribution is 0.206. The highest BCUT2D eigenvalue weighted by Gasteiger charge is 2.16. The molecule has 0 spiro atoms. The summed E-state index contributed by atoms with van der Waals surface area (Å²) in [5.74, 6) is 0.578. The van der Waals surface area contributed by atoms with E-state index in [0.717, 1.165) is 13.0 Å². The number of hydrogen-bond donors (Lipinski definition) is 3. The van der Waals surface area contributed by atoms with Crippen LogP contribution < -0.4 is 10.9 Å². The Hall–Kier alpha value is -1.43. The molecule has 2 aromatic rings. The Labute approximate surface area is 128 Å². The first-order valence-electron chi connectivity index (χ1n) is 6.91. The van der Waals surface area contributed by atoms with Crippen LogP contribution >= 0.6 is 11.6 Å². The summed E-state index contributed by atoms with van der Waals surface area (Å²) in [4.78, 5) is 19.2. The van der Waals surface area contributed by atoms with Crippen LogP contribution in [-0.2, 0) is 6.54 Å².